The summed E-state index contributed by atoms with van der Waals surface area (Å²) >= 11 is 0. The predicted octanol–water partition coefficient (Wildman–Crippen LogP) is 3.33. The molecule has 0 N–H and O–H groups in total. The van der Waals surface area contributed by atoms with Crippen molar-refractivity contribution < 1.29 is 0 Å². The van der Waals surface area contributed by atoms with E-state index in [4.69, 9.17) is 0 Å². The minimum absolute atomic E-state index is 0.00725. The highest BCUT2D eigenvalue weighted by Gasteiger charge is 2.28. The summed E-state index contributed by atoms with van der Waals surface area (Å²) in [4.78, 5) is 2.06. The Bertz CT molecular complexity index is 903. The number of allylic oxidation sites excluding steroid dienone is 2. The summed E-state index contributed by atoms with van der Waals surface area (Å²) < 4.78 is 1.87. The van der Waals surface area contributed by atoms with Crippen LogP contribution in [0.2, 0.25) is 0 Å². The molecule has 0 spiro atoms. The molecule has 1 unspecified atom stereocenters. The molecule has 1 atom stereocenters. The molecule has 2 heterocycles. The third kappa shape index (κ3) is 2.12. The van der Waals surface area contributed by atoms with E-state index in [9.17, 15) is 0 Å². The van der Waals surface area contributed by atoms with Gasteiger partial charge >= 0.3 is 0 Å². The number of nitrogens with zero attached hydrogens (tertiary/aromatic N) is 5. The average Bonchev–Trinajstić information content (AvgIpc) is 3.06. The number of hydrogen-bond acceptors (Lipinski definition) is 4. The van der Waals surface area contributed by atoms with Gasteiger partial charge in [-0.25, -0.2) is 0 Å². The second kappa shape index (κ2) is 5.35. The molecule has 0 saturated carbocycles. The maximum Gasteiger partial charge on any atom is 0.250 e. The zero-order valence-electron chi connectivity index (χ0n) is 12.9. The molecule has 1 aliphatic rings. The first-order valence-electron chi connectivity index (χ1n) is 7.62. The average molecular weight is 303 g/mol. The number of hydrogen-bond donors (Lipinski definition) is 0. The number of fused-ring (bicyclic) bond motifs is 2. The van der Waals surface area contributed by atoms with Crippen molar-refractivity contribution in [3.8, 4) is 0 Å². The summed E-state index contributed by atoms with van der Waals surface area (Å²) in [5.74, 6) is 0.753. The van der Waals surface area contributed by atoms with Crippen LogP contribution in [-0.4, -0.2) is 26.8 Å². The smallest absolute Gasteiger partial charge is 0.250 e. The number of benzene rings is 2. The van der Waals surface area contributed by atoms with Crippen molar-refractivity contribution in [1.29, 1.82) is 0 Å². The molecule has 5 nitrogen and oxygen atoms in total. The molecule has 0 fully saturated rings. The van der Waals surface area contributed by atoms with Crippen LogP contribution in [0.15, 0.2) is 66.9 Å². The van der Waals surface area contributed by atoms with Gasteiger partial charge in [-0.05, 0) is 39.8 Å². The van der Waals surface area contributed by atoms with E-state index in [1.165, 1.54) is 16.3 Å². The van der Waals surface area contributed by atoms with Crippen LogP contribution in [0.25, 0.3) is 10.8 Å². The van der Waals surface area contributed by atoms with Crippen LogP contribution < -0.4 is 4.90 Å². The highest BCUT2D eigenvalue weighted by Crippen LogP contribution is 2.34. The zero-order chi connectivity index (χ0) is 15.8. The van der Waals surface area contributed by atoms with E-state index in [-0.39, 0.29) is 6.04 Å². The van der Waals surface area contributed by atoms with Gasteiger partial charge < -0.3 is 4.90 Å². The zero-order valence-corrected chi connectivity index (χ0v) is 12.9. The lowest BCUT2D eigenvalue weighted by Crippen LogP contribution is -2.31. The van der Waals surface area contributed by atoms with Gasteiger partial charge in [-0.15, -0.1) is 6.58 Å². The number of anilines is 1. The van der Waals surface area contributed by atoms with Crippen molar-refractivity contribution in [2.24, 2.45) is 0 Å². The quantitative estimate of drug-likeness (QED) is 0.696. The van der Waals surface area contributed by atoms with Crippen molar-refractivity contribution >= 4 is 16.7 Å². The van der Waals surface area contributed by atoms with Gasteiger partial charge in [-0.1, -0.05) is 53.6 Å². The van der Waals surface area contributed by atoms with Gasteiger partial charge in [0.05, 0.1) is 0 Å². The monoisotopic (exact) mass is 303 g/mol. The molecular formula is C18H17N5. The summed E-state index contributed by atoms with van der Waals surface area (Å²) in [7, 11) is 0. The van der Waals surface area contributed by atoms with Gasteiger partial charge in [-0.3, -0.25) is 0 Å². The van der Waals surface area contributed by atoms with Crippen LogP contribution in [0.4, 0.5) is 5.95 Å². The first-order valence-corrected chi connectivity index (χ1v) is 7.62. The summed E-state index contributed by atoms with van der Waals surface area (Å²) in [6.45, 7) is 6.59. The Hall–Kier alpha value is -2.95. The van der Waals surface area contributed by atoms with Crippen LogP contribution in [0, 0.1) is 0 Å². The third-order valence-electron chi connectivity index (χ3n) is 4.26. The molecule has 0 aliphatic carbocycles. The standard InChI is InChI=1S/C18H17N5/c1-3-11-22-13(2)12-17(23-18(22)19-20-21-23)16-10-6-8-14-7-4-5-9-15(14)16/h3-10,12,17H,1,11H2,2H3. The molecule has 3 aromatic rings. The van der Waals surface area contributed by atoms with Crippen molar-refractivity contribution in [2.45, 2.75) is 13.0 Å². The Balaban J connectivity index is 1.91. The summed E-state index contributed by atoms with van der Waals surface area (Å²) in [5, 5.41) is 14.8. The Kier molecular flexibility index (Phi) is 3.19. The first kappa shape index (κ1) is 13.7. The molecule has 2 aromatic carbocycles. The minimum atomic E-state index is -0.00725. The van der Waals surface area contributed by atoms with Crippen molar-refractivity contribution in [1.82, 2.24) is 20.2 Å². The van der Waals surface area contributed by atoms with Crippen LogP contribution in [-0.2, 0) is 0 Å². The van der Waals surface area contributed by atoms with E-state index in [0.29, 0.717) is 6.54 Å². The van der Waals surface area contributed by atoms with Crippen LogP contribution >= 0.6 is 0 Å². The summed E-state index contributed by atoms with van der Waals surface area (Å²) in [5.41, 5.74) is 2.33. The maximum atomic E-state index is 4.22. The van der Waals surface area contributed by atoms with Gasteiger partial charge in [0.25, 0.3) is 5.95 Å². The van der Waals surface area contributed by atoms with Crippen LogP contribution in [0.3, 0.4) is 0 Å². The highest BCUT2D eigenvalue weighted by molar-refractivity contribution is 5.86. The summed E-state index contributed by atoms with van der Waals surface area (Å²) in [6.07, 6.45) is 4.06. The van der Waals surface area contributed by atoms with Crippen molar-refractivity contribution in [2.75, 3.05) is 11.4 Å². The molecule has 114 valence electrons. The summed E-state index contributed by atoms with van der Waals surface area (Å²) in [6, 6.07) is 14.7. The fourth-order valence-electron chi connectivity index (χ4n) is 3.18. The largest absolute Gasteiger partial charge is 0.310 e. The highest BCUT2D eigenvalue weighted by atomic mass is 15.6. The molecule has 4 rings (SSSR count). The van der Waals surface area contributed by atoms with Crippen LogP contribution in [0.5, 0.6) is 0 Å². The number of rotatable bonds is 3. The van der Waals surface area contributed by atoms with E-state index >= 15 is 0 Å². The second-order valence-electron chi connectivity index (χ2n) is 5.64. The first-order chi connectivity index (χ1) is 11.3. The van der Waals surface area contributed by atoms with Gasteiger partial charge in [0.15, 0.2) is 0 Å². The Morgan fingerprint density at radius 3 is 2.87 bits per heavy atom. The lowest BCUT2D eigenvalue weighted by Gasteiger charge is -2.30. The topological polar surface area (TPSA) is 46.8 Å². The SMILES string of the molecule is C=CCN1C(C)=CC(c2cccc3ccccc23)n2nnnc21. The second-order valence-corrected chi connectivity index (χ2v) is 5.64. The molecule has 0 saturated heterocycles. The predicted molar refractivity (Wildman–Crippen MR) is 91.2 cm³/mol. The molecule has 1 aromatic heterocycles. The molecule has 0 amide bonds. The molecular weight excluding hydrogens is 286 g/mol. The molecule has 1 aliphatic heterocycles. The minimum Gasteiger partial charge on any atom is -0.310 e. The third-order valence-corrected chi connectivity index (χ3v) is 4.26. The molecule has 0 radical (unpaired) electrons. The normalized spacial score (nSPS) is 17.0. The van der Waals surface area contributed by atoms with Gasteiger partial charge in [0, 0.05) is 12.2 Å². The van der Waals surface area contributed by atoms with Crippen LogP contribution in [0.1, 0.15) is 18.5 Å². The van der Waals surface area contributed by atoms with Crippen molar-refractivity contribution in [3.63, 3.8) is 0 Å². The van der Waals surface area contributed by atoms with Gasteiger partial charge in [-0.2, -0.15) is 4.68 Å². The van der Waals surface area contributed by atoms with E-state index in [0.717, 1.165) is 11.6 Å². The molecule has 23 heavy (non-hydrogen) atoms. The number of tetrazole rings is 1. The van der Waals surface area contributed by atoms with E-state index in [1.807, 2.05) is 10.8 Å². The molecule has 0 bridgehead atoms. The van der Waals surface area contributed by atoms with Crippen molar-refractivity contribution in [3.05, 3.63) is 72.5 Å². The van der Waals surface area contributed by atoms with Gasteiger partial charge in [0.2, 0.25) is 0 Å². The van der Waals surface area contributed by atoms with E-state index in [1.54, 1.807) is 0 Å². The lowest BCUT2D eigenvalue weighted by atomic mass is 9.97. The number of aromatic nitrogens is 4. The lowest BCUT2D eigenvalue weighted by molar-refractivity contribution is 0.566. The Morgan fingerprint density at radius 2 is 2.00 bits per heavy atom. The fourth-order valence-corrected chi connectivity index (χ4v) is 3.18. The maximum absolute atomic E-state index is 4.22. The molecule has 5 heteroatoms. The van der Waals surface area contributed by atoms with E-state index < -0.39 is 0 Å². The van der Waals surface area contributed by atoms with Gasteiger partial charge in [0.1, 0.15) is 6.04 Å². The van der Waals surface area contributed by atoms with E-state index in [2.05, 4.69) is 82.5 Å². The Labute approximate surface area is 134 Å². The Morgan fingerprint density at radius 1 is 1.17 bits per heavy atom. The fraction of sp³-hybridized carbons (Fsp3) is 0.167.